The molecule has 0 aliphatic rings. The molecule has 0 saturated heterocycles. The van der Waals surface area contributed by atoms with Gasteiger partial charge < -0.3 is 11.1 Å². The standard InChI is InChI=1S/C15H11ClFN3/c16-9-3-5-10(6-4-9)20-15-12(17)8-13(18)11-2-1-7-19-14(11)15/h1-8,20H,18H2. The van der Waals surface area contributed by atoms with Gasteiger partial charge in [-0.2, -0.15) is 0 Å². The summed E-state index contributed by atoms with van der Waals surface area (Å²) < 4.78 is 14.1. The van der Waals surface area contributed by atoms with E-state index in [1.165, 1.54) is 6.07 Å². The van der Waals surface area contributed by atoms with Crippen molar-refractivity contribution in [1.29, 1.82) is 0 Å². The van der Waals surface area contributed by atoms with E-state index in [1.807, 2.05) is 6.07 Å². The molecular weight excluding hydrogens is 277 g/mol. The van der Waals surface area contributed by atoms with E-state index in [-0.39, 0.29) is 0 Å². The van der Waals surface area contributed by atoms with Crippen molar-refractivity contribution in [3.63, 3.8) is 0 Å². The van der Waals surface area contributed by atoms with Gasteiger partial charge in [-0.3, -0.25) is 4.98 Å². The number of pyridine rings is 1. The number of anilines is 3. The zero-order chi connectivity index (χ0) is 14.1. The average molecular weight is 288 g/mol. The van der Waals surface area contributed by atoms with Crippen LogP contribution in [0.1, 0.15) is 0 Å². The summed E-state index contributed by atoms with van der Waals surface area (Å²) in [6, 6.07) is 11.9. The Labute approximate surface area is 120 Å². The fraction of sp³-hybridized carbons (Fsp3) is 0. The summed E-state index contributed by atoms with van der Waals surface area (Å²) in [6.07, 6.45) is 1.61. The van der Waals surface area contributed by atoms with E-state index in [4.69, 9.17) is 17.3 Å². The lowest BCUT2D eigenvalue weighted by atomic mass is 10.1. The molecule has 2 aromatic carbocycles. The van der Waals surface area contributed by atoms with Crippen molar-refractivity contribution in [2.75, 3.05) is 11.1 Å². The van der Waals surface area contributed by atoms with Crippen LogP contribution in [0.5, 0.6) is 0 Å². The Hall–Kier alpha value is -2.33. The first-order valence-corrected chi connectivity index (χ1v) is 6.38. The number of hydrogen-bond acceptors (Lipinski definition) is 3. The summed E-state index contributed by atoms with van der Waals surface area (Å²) in [7, 11) is 0. The Morgan fingerprint density at radius 1 is 1.15 bits per heavy atom. The van der Waals surface area contributed by atoms with Crippen LogP contribution in [0.3, 0.4) is 0 Å². The summed E-state index contributed by atoms with van der Waals surface area (Å²) in [5.74, 6) is -0.441. The monoisotopic (exact) mass is 287 g/mol. The Balaban J connectivity index is 2.13. The van der Waals surface area contributed by atoms with Crippen molar-refractivity contribution in [2.45, 2.75) is 0 Å². The maximum Gasteiger partial charge on any atom is 0.150 e. The lowest BCUT2D eigenvalue weighted by Crippen LogP contribution is -1.99. The summed E-state index contributed by atoms with van der Waals surface area (Å²) >= 11 is 5.83. The van der Waals surface area contributed by atoms with Gasteiger partial charge in [0.05, 0.1) is 5.52 Å². The van der Waals surface area contributed by atoms with E-state index in [0.717, 1.165) is 5.69 Å². The first-order chi connectivity index (χ1) is 9.65. The molecule has 0 amide bonds. The number of halogens is 2. The van der Waals surface area contributed by atoms with Crippen molar-refractivity contribution in [2.24, 2.45) is 0 Å². The number of fused-ring (bicyclic) bond motifs is 1. The fourth-order valence-electron chi connectivity index (χ4n) is 2.03. The van der Waals surface area contributed by atoms with E-state index in [0.29, 0.717) is 27.3 Å². The second-order valence-corrected chi connectivity index (χ2v) is 4.79. The van der Waals surface area contributed by atoms with Crippen LogP contribution in [-0.4, -0.2) is 4.98 Å². The predicted octanol–water partition coefficient (Wildman–Crippen LogP) is 4.35. The summed E-state index contributed by atoms with van der Waals surface area (Å²) in [6.45, 7) is 0. The van der Waals surface area contributed by atoms with Gasteiger partial charge in [-0.1, -0.05) is 11.6 Å². The average Bonchev–Trinajstić information content (AvgIpc) is 2.45. The highest BCUT2D eigenvalue weighted by Gasteiger charge is 2.12. The van der Waals surface area contributed by atoms with Crippen LogP contribution in [0, 0.1) is 5.82 Å². The molecule has 0 atom stereocenters. The number of nitrogens with one attached hydrogen (secondary N) is 1. The topological polar surface area (TPSA) is 50.9 Å². The Kier molecular flexibility index (Phi) is 3.16. The molecule has 0 spiro atoms. The zero-order valence-corrected chi connectivity index (χ0v) is 11.2. The van der Waals surface area contributed by atoms with E-state index in [1.54, 1.807) is 36.5 Å². The molecule has 0 unspecified atom stereocenters. The van der Waals surface area contributed by atoms with Crippen LogP contribution in [0.2, 0.25) is 5.02 Å². The summed E-state index contributed by atoms with van der Waals surface area (Å²) in [5, 5.41) is 4.35. The predicted molar refractivity (Wildman–Crippen MR) is 80.8 cm³/mol. The molecule has 0 saturated carbocycles. The van der Waals surface area contributed by atoms with E-state index >= 15 is 0 Å². The number of rotatable bonds is 2. The number of nitrogens with two attached hydrogens (primary N) is 1. The maximum atomic E-state index is 14.1. The number of hydrogen-bond donors (Lipinski definition) is 2. The molecule has 0 bridgehead atoms. The second kappa shape index (κ2) is 4.98. The molecule has 0 radical (unpaired) electrons. The van der Waals surface area contributed by atoms with Crippen LogP contribution in [0.15, 0.2) is 48.7 Å². The first kappa shape index (κ1) is 12.7. The Morgan fingerprint density at radius 2 is 1.90 bits per heavy atom. The largest absolute Gasteiger partial charge is 0.398 e. The Morgan fingerprint density at radius 3 is 2.65 bits per heavy atom. The van der Waals surface area contributed by atoms with Crippen LogP contribution in [0.4, 0.5) is 21.5 Å². The molecule has 20 heavy (non-hydrogen) atoms. The van der Waals surface area contributed by atoms with Crippen LogP contribution >= 0.6 is 11.6 Å². The lowest BCUT2D eigenvalue weighted by Gasteiger charge is -2.12. The molecular formula is C15H11ClFN3. The molecule has 1 heterocycles. The molecule has 5 heteroatoms. The van der Waals surface area contributed by atoms with Gasteiger partial charge in [-0.05, 0) is 42.5 Å². The zero-order valence-electron chi connectivity index (χ0n) is 10.4. The molecule has 3 N–H and O–H groups in total. The highest BCUT2D eigenvalue weighted by atomic mass is 35.5. The van der Waals surface area contributed by atoms with Crippen molar-refractivity contribution < 1.29 is 4.39 Å². The molecule has 0 fully saturated rings. The van der Waals surface area contributed by atoms with Gasteiger partial charge in [-0.25, -0.2) is 4.39 Å². The summed E-state index contributed by atoms with van der Waals surface area (Å²) in [5.41, 5.74) is 7.71. The Bertz CT molecular complexity index is 772. The third kappa shape index (κ3) is 2.26. The van der Waals surface area contributed by atoms with Crippen molar-refractivity contribution >= 4 is 39.6 Å². The molecule has 0 aliphatic carbocycles. The van der Waals surface area contributed by atoms with Gasteiger partial charge in [-0.15, -0.1) is 0 Å². The van der Waals surface area contributed by atoms with Crippen molar-refractivity contribution in [3.05, 3.63) is 59.5 Å². The van der Waals surface area contributed by atoms with Gasteiger partial charge in [0.15, 0.2) is 5.82 Å². The smallest absolute Gasteiger partial charge is 0.150 e. The highest BCUT2D eigenvalue weighted by Crippen LogP contribution is 2.31. The second-order valence-electron chi connectivity index (χ2n) is 4.35. The SMILES string of the molecule is Nc1cc(F)c(Nc2ccc(Cl)cc2)c2ncccc12. The van der Waals surface area contributed by atoms with Crippen molar-refractivity contribution in [3.8, 4) is 0 Å². The van der Waals surface area contributed by atoms with Crippen molar-refractivity contribution in [1.82, 2.24) is 4.98 Å². The minimum atomic E-state index is -0.441. The maximum absolute atomic E-state index is 14.1. The molecule has 3 aromatic rings. The number of nitrogen functional groups attached to an aromatic ring is 1. The van der Waals surface area contributed by atoms with Crippen LogP contribution in [0.25, 0.3) is 10.9 Å². The number of nitrogens with zero attached hydrogens (tertiary/aromatic N) is 1. The van der Waals surface area contributed by atoms with Gasteiger partial charge in [0.2, 0.25) is 0 Å². The molecule has 0 aliphatic heterocycles. The van der Waals surface area contributed by atoms with Gasteiger partial charge in [0.25, 0.3) is 0 Å². The van der Waals surface area contributed by atoms with E-state index in [2.05, 4.69) is 10.3 Å². The molecule has 3 nitrogen and oxygen atoms in total. The first-order valence-electron chi connectivity index (χ1n) is 6.00. The third-order valence-corrected chi connectivity index (χ3v) is 3.24. The van der Waals surface area contributed by atoms with Crippen LogP contribution in [-0.2, 0) is 0 Å². The van der Waals surface area contributed by atoms with Gasteiger partial charge in [0.1, 0.15) is 5.69 Å². The third-order valence-electron chi connectivity index (χ3n) is 2.99. The lowest BCUT2D eigenvalue weighted by molar-refractivity contribution is 0.634. The quantitative estimate of drug-likeness (QED) is 0.689. The van der Waals surface area contributed by atoms with Crippen LogP contribution < -0.4 is 11.1 Å². The molecule has 1 aromatic heterocycles. The van der Waals surface area contributed by atoms with Gasteiger partial charge >= 0.3 is 0 Å². The molecule has 100 valence electrons. The van der Waals surface area contributed by atoms with Gasteiger partial charge in [0, 0.05) is 28.0 Å². The minimum absolute atomic E-state index is 0.303. The normalized spacial score (nSPS) is 10.7. The fourth-order valence-corrected chi connectivity index (χ4v) is 2.16. The number of benzene rings is 2. The minimum Gasteiger partial charge on any atom is -0.398 e. The van der Waals surface area contributed by atoms with E-state index < -0.39 is 5.82 Å². The number of aromatic nitrogens is 1. The summed E-state index contributed by atoms with van der Waals surface area (Å²) in [4.78, 5) is 4.21. The molecule has 3 rings (SSSR count). The highest BCUT2D eigenvalue weighted by molar-refractivity contribution is 6.30. The van der Waals surface area contributed by atoms with E-state index in [9.17, 15) is 4.39 Å².